The zero-order valence-corrected chi connectivity index (χ0v) is 18.8. The number of esters is 1. The Labute approximate surface area is 191 Å². The highest BCUT2D eigenvalue weighted by Gasteiger charge is 2.27. The van der Waals surface area contributed by atoms with Crippen molar-refractivity contribution in [1.29, 1.82) is 0 Å². The van der Waals surface area contributed by atoms with Gasteiger partial charge >= 0.3 is 5.97 Å². The second kappa shape index (κ2) is 10.3. The van der Waals surface area contributed by atoms with Crippen LogP contribution in [0.3, 0.4) is 0 Å². The number of nitrogens with zero attached hydrogens (tertiary/aromatic N) is 1. The molecule has 0 aromatic heterocycles. The lowest BCUT2D eigenvalue weighted by molar-refractivity contribution is -0.114. The van der Waals surface area contributed by atoms with Crippen molar-refractivity contribution in [2.45, 2.75) is 11.8 Å². The summed E-state index contributed by atoms with van der Waals surface area (Å²) in [5, 5.41) is 3.09. The Morgan fingerprint density at radius 1 is 0.938 bits per heavy atom. The van der Waals surface area contributed by atoms with Gasteiger partial charge in [0.1, 0.15) is 6.54 Å². The monoisotopic (exact) mass is 472 g/mol. The molecule has 0 aliphatic carbocycles. The molecule has 0 aliphatic heterocycles. The Hall–Kier alpha value is -3.36. The zero-order valence-electron chi connectivity index (χ0n) is 17.2. The number of nitrogens with one attached hydrogen (secondary N) is 1. The predicted molar refractivity (Wildman–Crippen MR) is 123 cm³/mol. The third kappa shape index (κ3) is 5.66. The molecule has 0 unspecified atom stereocenters. The molecule has 0 fully saturated rings. The van der Waals surface area contributed by atoms with Gasteiger partial charge in [0, 0.05) is 10.7 Å². The maximum atomic E-state index is 13.2. The molecule has 7 nitrogen and oxygen atoms in total. The highest BCUT2D eigenvalue weighted by Crippen LogP contribution is 2.25. The Balaban J connectivity index is 1.83. The Morgan fingerprint density at radius 3 is 2.16 bits per heavy atom. The van der Waals surface area contributed by atoms with Gasteiger partial charge in [-0.1, -0.05) is 29.8 Å². The van der Waals surface area contributed by atoms with Crippen LogP contribution in [0.1, 0.15) is 17.3 Å². The van der Waals surface area contributed by atoms with Crippen LogP contribution in [0.4, 0.5) is 11.4 Å². The summed E-state index contributed by atoms with van der Waals surface area (Å²) in [4.78, 5) is 24.5. The smallest absolute Gasteiger partial charge is 0.338 e. The molecule has 0 saturated heterocycles. The molecule has 0 bridgehead atoms. The van der Waals surface area contributed by atoms with Crippen LogP contribution in [-0.2, 0) is 19.6 Å². The number of halogens is 1. The van der Waals surface area contributed by atoms with Gasteiger partial charge < -0.3 is 10.1 Å². The van der Waals surface area contributed by atoms with Crippen LogP contribution < -0.4 is 9.62 Å². The summed E-state index contributed by atoms with van der Waals surface area (Å²) >= 11 is 5.94. The van der Waals surface area contributed by atoms with Crippen molar-refractivity contribution < 1.29 is 22.7 Å². The maximum Gasteiger partial charge on any atom is 0.338 e. The summed E-state index contributed by atoms with van der Waals surface area (Å²) in [6.45, 7) is 1.51. The summed E-state index contributed by atoms with van der Waals surface area (Å²) in [6.07, 6.45) is 0. The normalized spacial score (nSPS) is 10.9. The van der Waals surface area contributed by atoms with Crippen LogP contribution in [-0.4, -0.2) is 33.4 Å². The van der Waals surface area contributed by atoms with Gasteiger partial charge in [-0.25, -0.2) is 13.2 Å². The van der Waals surface area contributed by atoms with Crippen LogP contribution in [0.15, 0.2) is 83.8 Å². The van der Waals surface area contributed by atoms with Crippen molar-refractivity contribution in [3.05, 3.63) is 89.4 Å². The largest absolute Gasteiger partial charge is 0.462 e. The van der Waals surface area contributed by atoms with E-state index < -0.39 is 28.4 Å². The van der Waals surface area contributed by atoms with Gasteiger partial charge in [0.25, 0.3) is 10.0 Å². The highest BCUT2D eigenvalue weighted by atomic mass is 35.5. The van der Waals surface area contributed by atoms with Gasteiger partial charge in [-0.3, -0.25) is 9.10 Å². The number of carbonyl (C=O) groups excluding carboxylic acids is 2. The summed E-state index contributed by atoms with van der Waals surface area (Å²) in [5.41, 5.74) is 1.06. The van der Waals surface area contributed by atoms with Crippen molar-refractivity contribution in [2.75, 3.05) is 22.8 Å². The number of amides is 1. The fourth-order valence-electron chi connectivity index (χ4n) is 2.88. The lowest BCUT2D eigenvalue weighted by atomic mass is 10.2. The topological polar surface area (TPSA) is 92.8 Å². The van der Waals surface area contributed by atoms with Crippen LogP contribution in [0.25, 0.3) is 0 Å². The van der Waals surface area contributed by atoms with Crippen LogP contribution in [0, 0.1) is 0 Å². The fraction of sp³-hybridized carbons (Fsp3) is 0.130. The van der Waals surface area contributed by atoms with Gasteiger partial charge in [-0.15, -0.1) is 0 Å². The summed E-state index contributed by atoms with van der Waals surface area (Å²) in [5.74, 6) is -1.02. The number of benzene rings is 3. The van der Waals surface area contributed by atoms with Gasteiger partial charge in [0.05, 0.1) is 22.8 Å². The molecule has 0 saturated carbocycles. The van der Waals surface area contributed by atoms with Gasteiger partial charge in [0.15, 0.2) is 0 Å². The van der Waals surface area contributed by atoms with Crippen LogP contribution >= 0.6 is 11.6 Å². The number of hydrogen-bond donors (Lipinski definition) is 1. The minimum Gasteiger partial charge on any atom is -0.462 e. The van der Waals surface area contributed by atoms with E-state index >= 15 is 0 Å². The zero-order chi connectivity index (χ0) is 23.1. The van der Waals surface area contributed by atoms with E-state index in [2.05, 4.69) is 5.32 Å². The van der Waals surface area contributed by atoms with E-state index in [4.69, 9.17) is 16.3 Å². The molecule has 0 radical (unpaired) electrons. The number of carbonyl (C=O) groups is 2. The third-order valence-electron chi connectivity index (χ3n) is 4.41. The Kier molecular flexibility index (Phi) is 7.50. The molecule has 3 aromatic carbocycles. The first-order valence-corrected chi connectivity index (χ1v) is 11.5. The second-order valence-electron chi connectivity index (χ2n) is 6.65. The first kappa shape index (κ1) is 23.3. The van der Waals surface area contributed by atoms with E-state index in [1.165, 1.54) is 36.4 Å². The standard InChI is InChI=1S/C23H21ClN2O5S/c1-2-31-23(28)17-8-12-19(13-9-17)25-22(27)16-26(20-14-10-18(24)11-15-20)32(29,30)21-6-4-3-5-7-21/h3-15H,2,16H2,1H3,(H,25,27). The SMILES string of the molecule is CCOC(=O)c1ccc(NC(=O)CN(c2ccc(Cl)cc2)S(=O)(=O)c2ccccc2)cc1. The lowest BCUT2D eigenvalue weighted by Gasteiger charge is -2.24. The molecular formula is C23H21ClN2O5S. The minimum atomic E-state index is -4.01. The van der Waals surface area contributed by atoms with Crippen molar-refractivity contribution in [3.63, 3.8) is 0 Å². The Bertz CT molecular complexity index is 1180. The molecule has 1 amide bonds. The molecule has 3 rings (SSSR count). The van der Waals surface area contributed by atoms with E-state index in [9.17, 15) is 18.0 Å². The summed E-state index contributed by atoms with van der Waals surface area (Å²) in [7, 11) is -4.01. The van der Waals surface area contributed by atoms with Crippen LogP contribution in [0.5, 0.6) is 0 Å². The van der Waals surface area contributed by atoms with E-state index in [-0.39, 0.29) is 11.5 Å². The van der Waals surface area contributed by atoms with E-state index in [0.29, 0.717) is 22.0 Å². The summed E-state index contributed by atoms with van der Waals surface area (Å²) < 4.78 is 32.4. The quantitative estimate of drug-likeness (QED) is 0.492. The number of rotatable bonds is 8. The van der Waals surface area contributed by atoms with Gasteiger partial charge in [0.2, 0.25) is 5.91 Å². The maximum absolute atomic E-state index is 13.2. The summed E-state index contributed by atoms with van der Waals surface area (Å²) in [6, 6.07) is 20.1. The molecular weight excluding hydrogens is 452 g/mol. The first-order chi connectivity index (χ1) is 15.3. The Morgan fingerprint density at radius 2 is 1.56 bits per heavy atom. The predicted octanol–water partition coefficient (Wildman–Crippen LogP) is 4.35. The molecule has 1 N–H and O–H groups in total. The molecule has 166 valence electrons. The average molecular weight is 473 g/mol. The lowest BCUT2D eigenvalue weighted by Crippen LogP contribution is -2.38. The number of anilines is 2. The second-order valence-corrected chi connectivity index (χ2v) is 8.95. The highest BCUT2D eigenvalue weighted by molar-refractivity contribution is 7.92. The van der Waals surface area contributed by atoms with Gasteiger partial charge in [-0.05, 0) is 67.6 Å². The van der Waals surface area contributed by atoms with E-state index in [1.807, 2.05) is 0 Å². The van der Waals surface area contributed by atoms with Crippen molar-refractivity contribution in [3.8, 4) is 0 Å². The number of sulfonamides is 1. The fourth-order valence-corrected chi connectivity index (χ4v) is 4.45. The molecule has 32 heavy (non-hydrogen) atoms. The molecule has 0 heterocycles. The molecule has 3 aromatic rings. The first-order valence-electron chi connectivity index (χ1n) is 9.71. The van der Waals surface area contributed by atoms with Gasteiger partial charge in [-0.2, -0.15) is 0 Å². The molecule has 0 aliphatic rings. The molecule has 0 spiro atoms. The molecule has 9 heteroatoms. The average Bonchev–Trinajstić information content (AvgIpc) is 2.79. The number of hydrogen-bond acceptors (Lipinski definition) is 5. The third-order valence-corrected chi connectivity index (χ3v) is 6.45. The van der Waals surface area contributed by atoms with E-state index in [0.717, 1.165) is 4.31 Å². The van der Waals surface area contributed by atoms with Crippen LogP contribution in [0.2, 0.25) is 5.02 Å². The van der Waals surface area contributed by atoms with Crippen molar-refractivity contribution in [2.24, 2.45) is 0 Å². The molecule has 0 atom stereocenters. The number of ether oxygens (including phenoxy) is 1. The van der Waals surface area contributed by atoms with Crippen molar-refractivity contribution in [1.82, 2.24) is 0 Å². The van der Waals surface area contributed by atoms with E-state index in [1.54, 1.807) is 49.4 Å². The van der Waals surface area contributed by atoms with Crippen molar-refractivity contribution >= 4 is 44.9 Å². The minimum absolute atomic E-state index is 0.0570.